The van der Waals surface area contributed by atoms with Crippen LogP contribution in [0.4, 0.5) is 0 Å². The van der Waals surface area contributed by atoms with Crippen LogP contribution in [0.25, 0.3) is 100 Å². The van der Waals surface area contributed by atoms with E-state index in [0.717, 1.165) is 71.7 Å². The summed E-state index contributed by atoms with van der Waals surface area (Å²) in [4.78, 5) is 15.2. The Hall–Kier alpha value is -6.85. The highest BCUT2D eigenvalue weighted by Crippen LogP contribution is 2.37. The molecule has 0 unspecified atom stereocenters. The summed E-state index contributed by atoms with van der Waals surface area (Å²) in [6.07, 6.45) is 0. The van der Waals surface area contributed by atoms with Crippen LogP contribution in [0.2, 0.25) is 0 Å². The van der Waals surface area contributed by atoms with Crippen molar-refractivity contribution in [3.05, 3.63) is 164 Å². The molecule has 0 spiro atoms. The zero-order chi connectivity index (χ0) is 33.0. The Morgan fingerprint density at radius 1 is 0.300 bits per heavy atom. The van der Waals surface area contributed by atoms with E-state index in [4.69, 9.17) is 23.8 Å². The first-order valence-corrected chi connectivity index (χ1v) is 16.6. The lowest BCUT2D eigenvalue weighted by Gasteiger charge is -2.10. The first kappa shape index (κ1) is 28.2. The predicted octanol–water partition coefficient (Wildman–Crippen LogP) is 12.0. The van der Waals surface area contributed by atoms with Crippen LogP contribution in [0.15, 0.2) is 173 Å². The minimum atomic E-state index is 0.548. The third-order valence-electron chi connectivity index (χ3n) is 9.36. The lowest BCUT2D eigenvalue weighted by atomic mass is 9.98. The maximum absolute atomic E-state index is 6.42. The van der Waals surface area contributed by atoms with Gasteiger partial charge in [0.25, 0.3) is 0 Å². The molecule has 0 fully saturated rings. The van der Waals surface area contributed by atoms with Gasteiger partial charge in [0.15, 0.2) is 17.5 Å². The fraction of sp³-hybridized carbons (Fsp3) is 0. The maximum Gasteiger partial charge on any atom is 0.167 e. The van der Waals surface area contributed by atoms with Crippen molar-refractivity contribution >= 4 is 43.9 Å². The number of hydrogen-bond acceptors (Lipinski definition) is 5. The minimum Gasteiger partial charge on any atom is -0.456 e. The van der Waals surface area contributed by atoms with E-state index in [1.165, 1.54) is 11.1 Å². The monoisotopic (exact) mass is 641 g/mol. The van der Waals surface area contributed by atoms with Crippen LogP contribution in [0.5, 0.6) is 0 Å². The summed E-state index contributed by atoms with van der Waals surface area (Å²) in [7, 11) is 0. The van der Waals surface area contributed by atoms with Crippen molar-refractivity contribution in [2.45, 2.75) is 0 Å². The molecule has 10 aromatic rings. The second-order valence-corrected chi connectivity index (χ2v) is 12.4. The number of rotatable bonds is 5. The van der Waals surface area contributed by atoms with Crippen molar-refractivity contribution in [3.8, 4) is 56.4 Å². The second-order valence-electron chi connectivity index (χ2n) is 12.4. The van der Waals surface area contributed by atoms with Gasteiger partial charge in [0, 0.05) is 32.7 Å². The van der Waals surface area contributed by atoms with Gasteiger partial charge in [-0.3, -0.25) is 0 Å². The van der Waals surface area contributed by atoms with E-state index in [0.29, 0.717) is 17.5 Å². The fourth-order valence-electron chi connectivity index (χ4n) is 6.86. The van der Waals surface area contributed by atoms with Crippen LogP contribution >= 0.6 is 0 Å². The number of hydrogen-bond donors (Lipinski definition) is 0. The third-order valence-corrected chi connectivity index (χ3v) is 9.36. The van der Waals surface area contributed by atoms with Crippen molar-refractivity contribution in [3.63, 3.8) is 0 Å². The van der Waals surface area contributed by atoms with Crippen molar-refractivity contribution in [1.29, 1.82) is 0 Å². The molecule has 10 rings (SSSR count). The van der Waals surface area contributed by atoms with Gasteiger partial charge in [0.2, 0.25) is 0 Å². The van der Waals surface area contributed by atoms with Crippen molar-refractivity contribution in [2.75, 3.05) is 0 Å². The molecule has 0 saturated heterocycles. The van der Waals surface area contributed by atoms with Gasteiger partial charge in [-0.05, 0) is 64.7 Å². The number of nitrogens with zero attached hydrogens (tertiary/aromatic N) is 3. The van der Waals surface area contributed by atoms with Gasteiger partial charge in [-0.15, -0.1) is 0 Å². The number of aromatic nitrogens is 3. The quantitative estimate of drug-likeness (QED) is 0.187. The maximum atomic E-state index is 6.42. The molecule has 5 nitrogen and oxygen atoms in total. The molecule has 50 heavy (non-hydrogen) atoms. The molecule has 0 aliphatic carbocycles. The molecule has 0 saturated carbocycles. The molecule has 0 aliphatic rings. The number of furan rings is 2. The zero-order valence-electron chi connectivity index (χ0n) is 26.7. The molecule has 3 aromatic heterocycles. The minimum absolute atomic E-state index is 0.548. The van der Waals surface area contributed by atoms with Gasteiger partial charge in [0.05, 0.1) is 5.56 Å². The molecule has 0 atom stereocenters. The van der Waals surface area contributed by atoms with Gasteiger partial charge >= 0.3 is 0 Å². The van der Waals surface area contributed by atoms with Crippen LogP contribution in [-0.4, -0.2) is 15.0 Å². The van der Waals surface area contributed by atoms with E-state index in [2.05, 4.69) is 97.1 Å². The molecule has 7 aromatic carbocycles. The second kappa shape index (κ2) is 11.4. The predicted molar refractivity (Wildman–Crippen MR) is 202 cm³/mol. The van der Waals surface area contributed by atoms with Gasteiger partial charge < -0.3 is 8.83 Å². The molecule has 0 amide bonds. The average molecular weight is 642 g/mol. The Morgan fingerprint density at radius 3 is 1.60 bits per heavy atom. The van der Waals surface area contributed by atoms with Gasteiger partial charge in [-0.25, -0.2) is 15.0 Å². The summed E-state index contributed by atoms with van der Waals surface area (Å²) in [5.74, 6) is 1.70. The molecular weight excluding hydrogens is 615 g/mol. The largest absolute Gasteiger partial charge is 0.456 e. The first-order valence-electron chi connectivity index (χ1n) is 16.6. The molecule has 0 bridgehead atoms. The highest BCUT2D eigenvalue weighted by Gasteiger charge is 2.18. The van der Waals surface area contributed by atoms with Crippen molar-refractivity contribution in [2.24, 2.45) is 0 Å². The lowest BCUT2D eigenvalue weighted by Crippen LogP contribution is -2.00. The van der Waals surface area contributed by atoms with Crippen LogP contribution in [-0.2, 0) is 0 Å². The van der Waals surface area contributed by atoms with E-state index in [9.17, 15) is 0 Å². The van der Waals surface area contributed by atoms with Crippen LogP contribution < -0.4 is 0 Å². The Bertz CT molecular complexity index is 2870. The Balaban J connectivity index is 1.12. The normalized spacial score (nSPS) is 11.6. The first-order chi connectivity index (χ1) is 24.7. The highest BCUT2D eigenvalue weighted by molar-refractivity contribution is 6.09. The van der Waals surface area contributed by atoms with Crippen LogP contribution in [0.1, 0.15) is 0 Å². The topological polar surface area (TPSA) is 65.0 Å². The summed E-state index contributed by atoms with van der Waals surface area (Å²) >= 11 is 0. The van der Waals surface area contributed by atoms with Crippen molar-refractivity contribution in [1.82, 2.24) is 15.0 Å². The standard InChI is InChI=1S/C45H27N3O2/c1-2-10-28(11-3-1)31-12-8-13-32(26-31)29-20-22-30(23-21-29)43-46-44(33-24-25-41-38(27-33)35-15-5-6-18-39(35)49-41)48-45(47-43)37-17-9-16-36-34-14-4-7-19-40(34)50-42(36)37/h1-27H. The Labute approximate surface area is 287 Å². The molecule has 5 heteroatoms. The Morgan fingerprint density at radius 2 is 0.820 bits per heavy atom. The molecule has 234 valence electrons. The number of fused-ring (bicyclic) bond motifs is 6. The molecule has 0 radical (unpaired) electrons. The fourth-order valence-corrected chi connectivity index (χ4v) is 6.86. The average Bonchev–Trinajstić information content (AvgIpc) is 3.76. The number of benzene rings is 7. The highest BCUT2D eigenvalue weighted by atomic mass is 16.3. The summed E-state index contributed by atoms with van der Waals surface area (Å²) in [6, 6.07) is 55.9. The summed E-state index contributed by atoms with van der Waals surface area (Å²) < 4.78 is 12.5. The van der Waals surface area contributed by atoms with E-state index in [-0.39, 0.29) is 0 Å². The smallest absolute Gasteiger partial charge is 0.167 e. The van der Waals surface area contributed by atoms with Gasteiger partial charge in [-0.2, -0.15) is 0 Å². The van der Waals surface area contributed by atoms with Crippen LogP contribution in [0.3, 0.4) is 0 Å². The number of para-hydroxylation sites is 3. The SMILES string of the molecule is c1ccc(-c2cccc(-c3ccc(-c4nc(-c5ccc6oc7ccccc7c6c5)nc(-c5cccc6c5oc5ccccc56)n4)cc3)c2)cc1. The van der Waals surface area contributed by atoms with Crippen LogP contribution in [0, 0.1) is 0 Å². The molecular formula is C45H27N3O2. The third kappa shape index (κ3) is 4.75. The Kier molecular flexibility index (Phi) is 6.42. The zero-order valence-corrected chi connectivity index (χ0v) is 26.7. The van der Waals surface area contributed by atoms with Gasteiger partial charge in [0.1, 0.15) is 22.3 Å². The van der Waals surface area contributed by atoms with E-state index in [1.807, 2.05) is 66.7 Å². The van der Waals surface area contributed by atoms with Gasteiger partial charge in [-0.1, -0.05) is 121 Å². The summed E-state index contributed by atoms with van der Waals surface area (Å²) in [5.41, 5.74) is 10.5. The van der Waals surface area contributed by atoms with E-state index in [1.54, 1.807) is 0 Å². The van der Waals surface area contributed by atoms with E-state index >= 15 is 0 Å². The molecule has 0 N–H and O–H groups in total. The van der Waals surface area contributed by atoms with Crippen molar-refractivity contribution < 1.29 is 8.83 Å². The summed E-state index contributed by atoms with van der Waals surface area (Å²) in [5, 5.41) is 4.15. The lowest BCUT2D eigenvalue weighted by molar-refractivity contribution is 0.669. The molecule has 0 aliphatic heterocycles. The molecule has 3 heterocycles. The van der Waals surface area contributed by atoms with E-state index < -0.39 is 0 Å². The summed E-state index contributed by atoms with van der Waals surface area (Å²) in [6.45, 7) is 0.